The molecule has 0 aromatic heterocycles. The molecular formula is C14H20N2O4S. The van der Waals surface area contributed by atoms with Gasteiger partial charge in [-0.1, -0.05) is 12.1 Å². The van der Waals surface area contributed by atoms with Gasteiger partial charge in [-0.3, -0.25) is 10.1 Å². The van der Waals surface area contributed by atoms with E-state index in [1.54, 1.807) is 12.1 Å². The summed E-state index contributed by atoms with van der Waals surface area (Å²) in [4.78, 5) is 10.2. The zero-order valence-electron chi connectivity index (χ0n) is 12.0. The van der Waals surface area contributed by atoms with E-state index in [9.17, 15) is 18.5 Å². The van der Waals surface area contributed by atoms with Gasteiger partial charge in [0.05, 0.1) is 16.4 Å². The van der Waals surface area contributed by atoms with E-state index >= 15 is 0 Å². The number of nitrogens with one attached hydrogen (secondary N) is 1. The number of sulfone groups is 1. The van der Waals surface area contributed by atoms with Gasteiger partial charge in [0.15, 0.2) is 0 Å². The van der Waals surface area contributed by atoms with Gasteiger partial charge < -0.3 is 5.32 Å². The van der Waals surface area contributed by atoms with E-state index < -0.39 is 14.8 Å². The summed E-state index contributed by atoms with van der Waals surface area (Å²) in [5.74, 6) is 0.949. The quantitative estimate of drug-likeness (QED) is 0.664. The second kappa shape index (κ2) is 6.53. The van der Waals surface area contributed by atoms with E-state index in [4.69, 9.17) is 0 Å². The lowest BCUT2D eigenvalue weighted by Gasteiger charge is -2.24. The summed E-state index contributed by atoms with van der Waals surface area (Å²) < 4.78 is 22.7. The van der Waals surface area contributed by atoms with E-state index in [0.29, 0.717) is 18.8 Å². The smallest absolute Gasteiger partial charge is 0.269 e. The van der Waals surface area contributed by atoms with Crippen LogP contribution in [0.15, 0.2) is 24.3 Å². The molecule has 21 heavy (non-hydrogen) atoms. The molecule has 1 aromatic carbocycles. The Morgan fingerprint density at radius 3 is 2.38 bits per heavy atom. The van der Waals surface area contributed by atoms with Crippen molar-refractivity contribution in [2.24, 2.45) is 5.92 Å². The molecule has 0 bridgehead atoms. The van der Waals surface area contributed by atoms with Gasteiger partial charge >= 0.3 is 0 Å². The Kier molecular flexibility index (Phi) is 4.95. The minimum absolute atomic E-state index is 0.0865. The molecule has 2 rings (SSSR count). The zero-order chi connectivity index (χ0) is 15.5. The molecule has 6 nitrogen and oxygen atoms in total. The molecule has 7 heteroatoms. The maximum absolute atomic E-state index is 11.4. The first-order valence-electron chi connectivity index (χ1n) is 7.05. The van der Waals surface area contributed by atoms with Crippen LogP contribution in [0.2, 0.25) is 0 Å². The maximum Gasteiger partial charge on any atom is 0.269 e. The van der Waals surface area contributed by atoms with Gasteiger partial charge in [-0.15, -0.1) is 0 Å². The number of nitrogens with zero attached hydrogens (tertiary/aromatic N) is 1. The standard InChI is InChI=1S/C14H20N2O4S/c1-11(13-2-4-14(5-3-13)16(17)18)15-10-12-6-8-21(19,20)9-7-12/h2-5,11-12,15H,6-10H2,1H3/t11-/m1/s1. The highest BCUT2D eigenvalue weighted by atomic mass is 32.2. The molecule has 0 unspecified atom stereocenters. The fourth-order valence-corrected chi connectivity index (χ4v) is 4.08. The molecule has 1 saturated heterocycles. The molecule has 1 heterocycles. The van der Waals surface area contributed by atoms with E-state index in [2.05, 4.69) is 5.32 Å². The third-order valence-electron chi connectivity index (χ3n) is 3.99. The third-order valence-corrected chi connectivity index (χ3v) is 5.71. The van der Waals surface area contributed by atoms with Crippen molar-refractivity contribution in [3.63, 3.8) is 0 Å². The van der Waals surface area contributed by atoms with E-state index in [1.807, 2.05) is 6.92 Å². The second-order valence-corrected chi connectivity index (χ2v) is 7.88. The van der Waals surface area contributed by atoms with Crippen molar-refractivity contribution >= 4 is 15.5 Å². The summed E-state index contributed by atoms with van der Waals surface area (Å²) in [6.07, 6.45) is 1.42. The number of nitro groups is 1. The zero-order valence-corrected chi connectivity index (χ0v) is 12.8. The predicted octanol–water partition coefficient (Wildman–Crippen LogP) is 2.07. The van der Waals surface area contributed by atoms with Crippen LogP contribution in [0.3, 0.4) is 0 Å². The van der Waals surface area contributed by atoms with Crippen LogP contribution in [0.5, 0.6) is 0 Å². The van der Waals surface area contributed by atoms with Crippen LogP contribution in [0.1, 0.15) is 31.4 Å². The summed E-state index contributed by atoms with van der Waals surface area (Å²) in [7, 11) is -2.81. The Labute approximate surface area is 124 Å². The van der Waals surface area contributed by atoms with E-state index in [1.165, 1.54) is 12.1 Å². The number of nitro benzene ring substituents is 1. The van der Waals surface area contributed by atoms with Crippen LogP contribution in [0, 0.1) is 16.0 Å². The molecule has 0 aliphatic carbocycles. The van der Waals surface area contributed by atoms with Crippen molar-refractivity contribution in [1.82, 2.24) is 5.32 Å². The SMILES string of the molecule is C[C@@H](NCC1CCS(=O)(=O)CC1)c1ccc([N+](=O)[O-])cc1. The highest BCUT2D eigenvalue weighted by Crippen LogP contribution is 2.21. The van der Waals surface area contributed by atoms with Crippen molar-refractivity contribution in [1.29, 1.82) is 0 Å². The molecule has 1 N–H and O–H groups in total. The van der Waals surface area contributed by atoms with Crippen molar-refractivity contribution in [2.45, 2.75) is 25.8 Å². The molecule has 0 radical (unpaired) electrons. The van der Waals surface area contributed by atoms with Crippen molar-refractivity contribution in [3.05, 3.63) is 39.9 Å². The minimum atomic E-state index is -2.81. The van der Waals surface area contributed by atoms with Gasteiger partial charge in [0.25, 0.3) is 5.69 Å². The molecule has 0 amide bonds. The lowest BCUT2D eigenvalue weighted by molar-refractivity contribution is -0.384. The second-order valence-electron chi connectivity index (χ2n) is 5.57. The summed E-state index contributed by atoms with van der Waals surface area (Å²) in [5, 5.41) is 14.0. The largest absolute Gasteiger partial charge is 0.310 e. The van der Waals surface area contributed by atoms with Crippen molar-refractivity contribution < 1.29 is 13.3 Å². The highest BCUT2D eigenvalue weighted by Gasteiger charge is 2.23. The molecule has 1 fully saturated rings. The Balaban J connectivity index is 1.84. The van der Waals surface area contributed by atoms with Gasteiger partial charge in [-0.2, -0.15) is 0 Å². The fourth-order valence-electron chi connectivity index (χ4n) is 2.49. The monoisotopic (exact) mass is 312 g/mol. The minimum Gasteiger partial charge on any atom is -0.310 e. The molecular weight excluding hydrogens is 292 g/mol. The average Bonchev–Trinajstić information content (AvgIpc) is 2.46. The van der Waals surface area contributed by atoms with Crippen LogP contribution in [-0.2, 0) is 9.84 Å². The van der Waals surface area contributed by atoms with Crippen LogP contribution >= 0.6 is 0 Å². The molecule has 1 aliphatic rings. The fraction of sp³-hybridized carbons (Fsp3) is 0.571. The molecule has 116 valence electrons. The van der Waals surface area contributed by atoms with E-state index in [-0.39, 0.29) is 23.2 Å². The van der Waals surface area contributed by atoms with Gasteiger partial charge in [-0.05, 0) is 37.8 Å². The first kappa shape index (κ1) is 15.9. The normalized spacial score (nSPS) is 20.0. The van der Waals surface area contributed by atoms with Gasteiger partial charge in [-0.25, -0.2) is 8.42 Å². The first-order chi connectivity index (χ1) is 9.87. The van der Waals surface area contributed by atoms with Gasteiger partial charge in [0, 0.05) is 18.2 Å². The Bertz CT molecular complexity index is 584. The average molecular weight is 312 g/mol. The van der Waals surface area contributed by atoms with Crippen LogP contribution in [0.25, 0.3) is 0 Å². The Morgan fingerprint density at radius 1 is 1.29 bits per heavy atom. The number of hydrogen-bond acceptors (Lipinski definition) is 5. The maximum atomic E-state index is 11.4. The third kappa shape index (κ3) is 4.50. The van der Waals surface area contributed by atoms with Crippen LogP contribution < -0.4 is 5.32 Å². The summed E-state index contributed by atoms with van der Waals surface area (Å²) in [5.41, 5.74) is 1.08. The lowest BCUT2D eigenvalue weighted by Crippen LogP contribution is -2.32. The Hall–Kier alpha value is -1.47. The first-order valence-corrected chi connectivity index (χ1v) is 8.88. The summed E-state index contributed by atoms with van der Waals surface area (Å²) in [6, 6.07) is 6.59. The molecule has 0 saturated carbocycles. The molecule has 0 spiro atoms. The number of hydrogen-bond donors (Lipinski definition) is 1. The van der Waals surface area contributed by atoms with E-state index in [0.717, 1.165) is 12.1 Å². The Morgan fingerprint density at radius 2 is 1.86 bits per heavy atom. The van der Waals surface area contributed by atoms with Crippen molar-refractivity contribution in [2.75, 3.05) is 18.1 Å². The van der Waals surface area contributed by atoms with Crippen LogP contribution in [0.4, 0.5) is 5.69 Å². The number of rotatable bonds is 5. The molecule has 1 aromatic rings. The lowest BCUT2D eigenvalue weighted by atomic mass is 10.0. The van der Waals surface area contributed by atoms with Gasteiger partial charge in [0.2, 0.25) is 0 Å². The highest BCUT2D eigenvalue weighted by molar-refractivity contribution is 7.91. The molecule has 1 aliphatic heterocycles. The van der Waals surface area contributed by atoms with Crippen molar-refractivity contribution in [3.8, 4) is 0 Å². The topological polar surface area (TPSA) is 89.3 Å². The predicted molar refractivity (Wildman–Crippen MR) is 80.9 cm³/mol. The number of benzene rings is 1. The van der Waals surface area contributed by atoms with Crippen LogP contribution in [-0.4, -0.2) is 31.4 Å². The number of non-ortho nitro benzene ring substituents is 1. The van der Waals surface area contributed by atoms with Gasteiger partial charge in [0.1, 0.15) is 9.84 Å². The molecule has 1 atom stereocenters. The summed E-state index contributed by atoms with van der Waals surface area (Å²) >= 11 is 0. The summed E-state index contributed by atoms with van der Waals surface area (Å²) in [6.45, 7) is 2.77.